The van der Waals surface area contributed by atoms with Gasteiger partial charge >= 0.3 is 5.97 Å². The molecule has 1 unspecified atom stereocenters. The molecule has 18 heavy (non-hydrogen) atoms. The molecule has 3 N–H and O–H groups in total. The molecule has 0 aromatic heterocycles. The highest BCUT2D eigenvalue weighted by molar-refractivity contribution is 9.10. The number of carboxylic acid groups (broad SMARTS) is 1. The topological polar surface area (TPSA) is 63.3 Å². The minimum atomic E-state index is -0.772. The summed E-state index contributed by atoms with van der Waals surface area (Å²) in [7, 11) is 0. The number of nitrogens with two attached hydrogens (primary N) is 1. The normalized spacial score (nSPS) is 12.4. The Hall–Kier alpha value is -0.580. The number of carboxylic acids is 1. The molecule has 0 aliphatic carbocycles. The van der Waals surface area contributed by atoms with Gasteiger partial charge in [-0.2, -0.15) is 0 Å². The molecule has 0 radical (unpaired) electrons. The molecular weight excluding hydrogens is 318 g/mol. The number of rotatable bonds is 7. The molecule has 0 amide bonds. The van der Waals surface area contributed by atoms with Crippen molar-refractivity contribution in [2.45, 2.75) is 25.7 Å². The second kappa shape index (κ2) is 7.77. The van der Waals surface area contributed by atoms with E-state index in [0.29, 0.717) is 24.4 Å². The lowest BCUT2D eigenvalue weighted by Gasteiger charge is -2.13. The Kier molecular flexibility index (Phi) is 6.68. The van der Waals surface area contributed by atoms with Gasteiger partial charge in [-0.25, -0.2) is 0 Å². The molecule has 0 saturated heterocycles. The quantitative estimate of drug-likeness (QED) is 0.750. The van der Waals surface area contributed by atoms with Crippen LogP contribution in [0, 0.1) is 5.92 Å². The van der Waals surface area contributed by atoms with Crippen molar-refractivity contribution in [1.29, 1.82) is 0 Å². The molecule has 100 valence electrons. The Labute approximate surface area is 120 Å². The van der Waals surface area contributed by atoms with Gasteiger partial charge in [-0.3, -0.25) is 4.79 Å². The number of aliphatic carboxylic acids is 1. The van der Waals surface area contributed by atoms with Gasteiger partial charge in [0.05, 0.1) is 5.92 Å². The van der Waals surface area contributed by atoms with Gasteiger partial charge < -0.3 is 10.8 Å². The van der Waals surface area contributed by atoms with Crippen molar-refractivity contribution in [2.24, 2.45) is 11.7 Å². The second-order valence-corrected chi connectivity index (χ2v) is 5.58. The third kappa shape index (κ3) is 4.96. The number of halogens is 2. The number of benzene rings is 1. The molecule has 0 bridgehead atoms. The molecule has 0 heterocycles. The summed E-state index contributed by atoms with van der Waals surface area (Å²) < 4.78 is 0.895. The highest BCUT2D eigenvalue weighted by Crippen LogP contribution is 2.25. The number of hydrogen-bond acceptors (Lipinski definition) is 2. The summed E-state index contributed by atoms with van der Waals surface area (Å²) in [6.45, 7) is 0.603. The van der Waals surface area contributed by atoms with Gasteiger partial charge in [-0.15, -0.1) is 0 Å². The minimum Gasteiger partial charge on any atom is -0.481 e. The molecule has 0 aliphatic heterocycles. The van der Waals surface area contributed by atoms with E-state index in [9.17, 15) is 9.90 Å². The maximum absolute atomic E-state index is 11.2. The van der Waals surface area contributed by atoms with Crippen molar-refractivity contribution in [3.05, 3.63) is 33.3 Å². The van der Waals surface area contributed by atoms with Gasteiger partial charge in [0.2, 0.25) is 0 Å². The largest absolute Gasteiger partial charge is 0.481 e. The van der Waals surface area contributed by atoms with E-state index in [-0.39, 0.29) is 0 Å². The lowest BCUT2D eigenvalue weighted by molar-refractivity contribution is -0.142. The molecule has 0 aliphatic rings. The average molecular weight is 335 g/mol. The highest BCUT2D eigenvalue weighted by Gasteiger charge is 2.18. The van der Waals surface area contributed by atoms with E-state index in [4.69, 9.17) is 17.3 Å². The van der Waals surface area contributed by atoms with Crippen molar-refractivity contribution >= 4 is 33.5 Å². The maximum Gasteiger partial charge on any atom is 0.306 e. The SMILES string of the molecule is NCCCCC(Cc1ccc(Br)cc1Cl)C(=O)O. The molecule has 1 aromatic rings. The van der Waals surface area contributed by atoms with Crippen molar-refractivity contribution in [3.63, 3.8) is 0 Å². The van der Waals surface area contributed by atoms with E-state index in [1.807, 2.05) is 12.1 Å². The lowest BCUT2D eigenvalue weighted by atomic mass is 9.94. The third-order valence-corrected chi connectivity index (χ3v) is 3.68. The van der Waals surface area contributed by atoms with E-state index >= 15 is 0 Å². The third-order valence-electron chi connectivity index (χ3n) is 2.84. The van der Waals surface area contributed by atoms with E-state index in [2.05, 4.69) is 15.9 Å². The summed E-state index contributed by atoms with van der Waals surface area (Å²) >= 11 is 9.42. The molecule has 1 rings (SSSR count). The maximum atomic E-state index is 11.2. The monoisotopic (exact) mass is 333 g/mol. The minimum absolute atomic E-state index is 0.393. The van der Waals surface area contributed by atoms with Crippen LogP contribution < -0.4 is 5.73 Å². The van der Waals surface area contributed by atoms with Crippen molar-refractivity contribution < 1.29 is 9.90 Å². The number of hydrogen-bond donors (Lipinski definition) is 2. The van der Waals surface area contributed by atoms with Gasteiger partial charge in [-0.1, -0.05) is 40.0 Å². The van der Waals surface area contributed by atoms with E-state index in [0.717, 1.165) is 22.9 Å². The first-order valence-electron chi connectivity index (χ1n) is 5.91. The van der Waals surface area contributed by atoms with Crippen LogP contribution in [-0.2, 0) is 11.2 Å². The van der Waals surface area contributed by atoms with Gasteiger partial charge in [-0.05, 0) is 43.5 Å². The first kappa shape index (κ1) is 15.5. The van der Waals surface area contributed by atoms with Crippen LogP contribution in [0.3, 0.4) is 0 Å². The van der Waals surface area contributed by atoms with E-state index < -0.39 is 11.9 Å². The fourth-order valence-electron chi connectivity index (χ4n) is 1.80. The summed E-state index contributed by atoms with van der Waals surface area (Å²) in [6.07, 6.45) is 2.80. The zero-order valence-corrected chi connectivity index (χ0v) is 12.4. The summed E-state index contributed by atoms with van der Waals surface area (Å²) in [5.74, 6) is -1.17. The van der Waals surface area contributed by atoms with Crippen molar-refractivity contribution in [3.8, 4) is 0 Å². The predicted molar refractivity (Wildman–Crippen MR) is 76.9 cm³/mol. The van der Waals surface area contributed by atoms with Crippen molar-refractivity contribution in [2.75, 3.05) is 6.54 Å². The smallest absolute Gasteiger partial charge is 0.306 e. The van der Waals surface area contributed by atoms with Crippen LogP contribution in [0.5, 0.6) is 0 Å². The molecule has 1 aromatic carbocycles. The van der Waals surface area contributed by atoms with E-state index in [1.165, 1.54) is 0 Å². The van der Waals surface area contributed by atoms with Crippen LogP contribution in [-0.4, -0.2) is 17.6 Å². The predicted octanol–water partition coefficient (Wildman–Crippen LogP) is 3.47. The Morgan fingerprint density at radius 2 is 2.17 bits per heavy atom. The molecule has 0 spiro atoms. The fourth-order valence-corrected chi connectivity index (χ4v) is 2.55. The Morgan fingerprint density at radius 1 is 1.44 bits per heavy atom. The Balaban J connectivity index is 2.67. The van der Waals surface area contributed by atoms with Crippen LogP contribution in [0.25, 0.3) is 0 Å². The highest BCUT2D eigenvalue weighted by atomic mass is 79.9. The van der Waals surface area contributed by atoms with Crippen LogP contribution in [0.15, 0.2) is 22.7 Å². The molecule has 0 fully saturated rings. The van der Waals surface area contributed by atoms with E-state index in [1.54, 1.807) is 6.07 Å². The first-order chi connectivity index (χ1) is 8.54. The summed E-state index contributed by atoms with van der Waals surface area (Å²) in [4.78, 5) is 11.2. The summed E-state index contributed by atoms with van der Waals surface area (Å²) in [5, 5.41) is 9.80. The van der Waals surface area contributed by atoms with Crippen LogP contribution in [0.4, 0.5) is 0 Å². The number of carbonyl (C=O) groups is 1. The molecule has 0 saturated carbocycles. The van der Waals surface area contributed by atoms with Crippen LogP contribution in [0.2, 0.25) is 5.02 Å². The molecule has 3 nitrogen and oxygen atoms in total. The lowest BCUT2D eigenvalue weighted by Crippen LogP contribution is -2.17. The Morgan fingerprint density at radius 3 is 2.72 bits per heavy atom. The standard InChI is InChI=1S/C13H17BrClNO2/c14-11-5-4-9(12(15)8-11)7-10(13(17)18)3-1-2-6-16/h4-5,8,10H,1-3,6-7,16H2,(H,17,18). The summed E-state index contributed by atoms with van der Waals surface area (Å²) in [6, 6.07) is 5.53. The van der Waals surface area contributed by atoms with Gasteiger partial charge in [0.1, 0.15) is 0 Å². The van der Waals surface area contributed by atoms with Gasteiger partial charge in [0.15, 0.2) is 0 Å². The van der Waals surface area contributed by atoms with Crippen LogP contribution >= 0.6 is 27.5 Å². The average Bonchev–Trinajstić information content (AvgIpc) is 2.30. The molecule has 1 atom stereocenters. The Bertz CT molecular complexity index is 412. The van der Waals surface area contributed by atoms with Gasteiger partial charge in [0.25, 0.3) is 0 Å². The first-order valence-corrected chi connectivity index (χ1v) is 7.08. The second-order valence-electron chi connectivity index (χ2n) is 4.26. The van der Waals surface area contributed by atoms with Crippen molar-refractivity contribution in [1.82, 2.24) is 0 Å². The number of unbranched alkanes of at least 4 members (excludes halogenated alkanes) is 1. The zero-order chi connectivity index (χ0) is 13.5. The van der Waals surface area contributed by atoms with Crippen LogP contribution in [0.1, 0.15) is 24.8 Å². The molecule has 5 heteroatoms. The fraction of sp³-hybridized carbons (Fsp3) is 0.462. The van der Waals surface area contributed by atoms with Gasteiger partial charge in [0, 0.05) is 9.50 Å². The molecular formula is C13H17BrClNO2. The zero-order valence-electron chi connectivity index (χ0n) is 10.0. The summed E-state index contributed by atoms with van der Waals surface area (Å²) in [5.41, 5.74) is 6.29.